The predicted molar refractivity (Wildman–Crippen MR) is 52.2 cm³/mol. The van der Waals surface area contributed by atoms with Gasteiger partial charge in [-0.25, -0.2) is 0 Å². The first-order valence-electron chi connectivity index (χ1n) is 3.81. The first-order valence-corrected chi connectivity index (χ1v) is 4.25. The number of alkyl halides is 1. The van der Waals surface area contributed by atoms with E-state index in [1.807, 2.05) is 36.4 Å². The van der Waals surface area contributed by atoms with Crippen LogP contribution in [0.25, 0.3) is 6.08 Å². The highest BCUT2D eigenvalue weighted by Gasteiger charge is 1.93. The molecule has 0 aliphatic carbocycles. The van der Waals surface area contributed by atoms with Crippen LogP contribution in [0.4, 0.5) is 0 Å². The Balaban J connectivity index is 2.58. The smallest absolute Gasteiger partial charge is 0.0750 e. The van der Waals surface area contributed by atoms with E-state index in [9.17, 15) is 0 Å². The van der Waals surface area contributed by atoms with E-state index in [2.05, 4.69) is 0 Å². The van der Waals surface area contributed by atoms with E-state index in [0.717, 1.165) is 5.56 Å². The zero-order valence-electron chi connectivity index (χ0n) is 6.65. The average molecular weight is 183 g/mol. The van der Waals surface area contributed by atoms with E-state index in [-0.39, 0.29) is 12.0 Å². The molecule has 0 spiro atoms. The molecule has 0 radical (unpaired) electrons. The van der Waals surface area contributed by atoms with Crippen LogP contribution in [0.2, 0.25) is 0 Å². The van der Waals surface area contributed by atoms with Gasteiger partial charge < -0.3 is 5.11 Å². The van der Waals surface area contributed by atoms with Crippen LogP contribution in [0.5, 0.6) is 0 Å². The molecule has 0 saturated carbocycles. The third kappa shape index (κ3) is 3.07. The van der Waals surface area contributed by atoms with Crippen molar-refractivity contribution in [1.29, 1.82) is 0 Å². The molecule has 1 N–H and O–H groups in total. The number of rotatable bonds is 3. The summed E-state index contributed by atoms with van der Waals surface area (Å²) in [7, 11) is 0. The number of hydrogen-bond acceptors (Lipinski definition) is 1. The zero-order valence-corrected chi connectivity index (χ0v) is 7.41. The second-order valence-electron chi connectivity index (χ2n) is 2.47. The number of aliphatic hydroxyl groups excluding tert-OH is 1. The summed E-state index contributed by atoms with van der Waals surface area (Å²) in [5, 5.41) is 8.34. The van der Waals surface area contributed by atoms with Gasteiger partial charge in [0, 0.05) is 0 Å². The molecule has 1 unspecified atom stereocenters. The lowest BCUT2D eigenvalue weighted by Gasteiger charge is -1.96. The maximum Gasteiger partial charge on any atom is 0.0750 e. The Morgan fingerprint density at radius 1 is 1.33 bits per heavy atom. The van der Waals surface area contributed by atoms with Crippen molar-refractivity contribution >= 4 is 17.7 Å². The molecule has 0 aromatic heterocycles. The molecule has 1 atom stereocenters. The lowest BCUT2D eigenvalue weighted by molar-refractivity contribution is 0.305. The van der Waals surface area contributed by atoms with E-state index in [0.29, 0.717) is 0 Å². The highest BCUT2D eigenvalue weighted by Crippen LogP contribution is 2.04. The second-order valence-corrected chi connectivity index (χ2v) is 3.03. The van der Waals surface area contributed by atoms with E-state index in [1.54, 1.807) is 6.08 Å². The third-order valence-corrected chi connectivity index (χ3v) is 1.75. The van der Waals surface area contributed by atoms with Crippen molar-refractivity contribution in [2.24, 2.45) is 0 Å². The molecule has 0 amide bonds. The largest absolute Gasteiger partial charge is 0.395 e. The molecule has 1 aromatic rings. The molecule has 1 aromatic carbocycles. The van der Waals surface area contributed by atoms with Gasteiger partial charge in [0.2, 0.25) is 0 Å². The van der Waals surface area contributed by atoms with Crippen molar-refractivity contribution in [2.75, 3.05) is 6.61 Å². The Labute approximate surface area is 77.3 Å². The standard InChI is InChI=1S/C10H11ClO/c11-10(8-12)7-6-9-4-2-1-3-5-9/h1-7,10,12H,8H2/b7-6+. The minimum absolute atomic E-state index is 0.0229. The highest BCUT2D eigenvalue weighted by molar-refractivity contribution is 6.22. The van der Waals surface area contributed by atoms with Gasteiger partial charge in [0.15, 0.2) is 0 Å². The van der Waals surface area contributed by atoms with Crippen molar-refractivity contribution in [3.8, 4) is 0 Å². The van der Waals surface area contributed by atoms with E-state index in [1.165, 1.54) is 0 Å². The Kier molecular flexibility index (Phi) is 3.85. The molecular formula is C10H11ClO. The zero-order chi connectivity index (χ0) is 8.81. The topological polar surface area (TPSA) is 20.2 Å². The molecular weight excluding hydrogens is 172 g/mol. The minimum Gasteiger partial charge on any atom is -0.395 e. The van der Waals surface area contributed by atoms with Crippen LogP contribution >= 0.6 is 11.6 Å². The Bertz CT molecular complexity index is 243. The van der Waals surface area contributed by atoms with Gasteiger partial charge in [0.25, 0.3) is 0 Å². The van der Waals surface area contributed by atoms with Crippen molar-refractivity contribution < 1.29 is 5.11 Å². The second kappa shape index (κ2) is 4.96. The Morgan fingerprint density at radius 2 is 2.00 bits per heavy atom. The van der Waals surface area contributed by atoms with Crippen molar-refractivity contribution in [3.63, 3.8) is 0 Å². The molecule has 64 valence electrons. The van der Waals surface area contributed by atoms with Crippen LogP contribution < -0.4 is 0 Å². The van der Waals surface area contributed by atoms with Crippen LogP contribution in [0, 0.1) is 0 Å². The third-order valence-electron chi connectivity index (χ3n) is 1.47. The number of hydrogen-bond donors (Lipinski definition) is 1. The summed E-state index contributed by atoms with van der Waals surface area (Å²) in [5.74, 6) is 0. The first-order chi connectivity index (χ1) is 5.83. The normalized spacial score (nSPS) is 13.5. The van der Waals surface area contributed by atoms with Gasteiger partial charge in [0.05, 0.1) is 12.0 Å². The fraction of sp³-hybridized carbons (Fsp3) is 0.200. The number of benzene rings is 1. The predicted octanol–water partition coefficient (Wildman–Crippen LogP) is 2.30. The SMILES string of the molecule is OCC(Cl)/C=C/c1ccccc1. The van der Waals surface area contributed by atoms with Gasteiger partial charge in [-0.2, -0.15) is 0 Å². The van der Waals surface area contributed by atoms with Gasteiger partial charge in [-0.3, -0.25) is 0 Å². The van der Waals surface area contributed by atoms with Crippen molar-refractivity contribution in [2.45, 2.75) is 5.38 Å². The quantitative estimate of drug-likeness (QED) is 0.712. The summed E-state index contributed by atoms with van der Waals surface area (Å²) in [4.78, 5) is 0. The summed E-state index contributed by atoms with van der Waals surface area (Å²) < 4.78 is 0. The summed E-state index contributed by atoms with van der Waals surface area (Å²) in [6.45, 7) is -0.0229. The van der Waals surface area contributed by atoms with Crippen molar-refractivity contribution in [1.82, 2.24) is 0 Å². The summed E-state index contributed by atoms with van der Waals surface area (Å²) in [6, 6.07) is 9.85. The van der Waals surface area contributed by atoms with Gasteiger partial charge in [0.1, 0.15) is 0 Å². The average Bonchev–Trinajstić information content (AvgIpc) is 2.16. The molecule has 2 heteroatoms. The first kappa shape index (κ1) is 9.30. The van der Waals surface area contributed by atoms with Gasteiger partial charge in [-0.05, 0) is 5.56 Å². The lowest BCUT2D eigenvalue weighted by atomic mass is 10.2. The van der Waals surface area contributed by atoms with E-state index < -0.39 is 0 Å². The van der Waals surface area contributed by atoms with Crippen LogP contribution in [-0.2, 0) is 0 Å². The Morgan fingerprint density at radius 3 is 2.58 bits per heavy atom. The van der Waals surface area contributed by atoms with E-state index >= 15 is 0 Å². The number of halogens is 1. The van der Waals surface area contributed by atoms with Crippen LogP contribution in [0.15, 0.2) is 36.4 Å². The molecule has 1 rings (SSSR count). The van der Waals surface area contributed by atoms with Gasteiger partial charge in [-0.1, -0.05) is 42.5 Å². The fourth-order valence-corrected chi connectivity index (χ4v) is 0.913. The van der Waals surface area contributed by atoms with Crippen LogP contribution in [0.3, 0.4) is 0 Å². The molecule has 0 aliphatic heterocycles. The summed E-state index contributed by atoms with van der Waals surface area (Å²) >= 11 is 5.68. The lowest BCUT2D eigenvalue weighted by Crippen LogP contribution is -1.98. The van der Waals surface area contributed by atoms with Crippen LogP contribution in [0.1, 0.15) is 5.56 Å². The molecule has 0 fully saturated rings. The molecule has 0 heterocycles. The van der Waals surface area contributed by atoms with Gasteiger partial charge in [-0.15, -0.1) is 11.6 Å². The maximum absolute atomic E-state index is 8.63. The molecule has 0 saturated heterocycles. The monoisotopic (exact) mass is 182 g/mol. The summed E-state index contributed by atoms with van der Waals surface area (Å²) in [5.41, 5.74) is 1.09. The molecule has 1 nitrogen and oxygen atoms in total. The van der Waals surface area contributed by atoms with E-state index in [4.69, 9.17) is 16.7 Å². The minimum atomic E-state index is -0.287. The van der Waals surface area contributed by atoms with Gasteiger partial charge >= 0.3 is 0 Å². The molecule has 12 heavy (non-hydrogen) atoms. The Hall–Kier alpha value is -0.790. The fourth-order valence-electron chi connectivity index (χ4n) is 0.841. The summed E-state index contributed by atoms with van der Waals surface area (Å²) in [6.07, 6.45) is 3.67. The van der Waals surface area contributed by atoms with Crippen molar-refractivity contribution in [3.05, 3.63) is 42.0 Å². The van der Waals surface area contributed by atoms with Crippen LogP contribution in [-0.4, -0.2) is 17.1 Å². The molecule has 0 aliphatic rings. The maximum atomic E-state index is 8.63. The molecule has 0 bridgehead atoms. The number of aliphatic hydroxyl groups is 1. The highest BCUT2D eigenvalue weighted by atomic mass is 35.5.